The molecule has 0 radical (unpaired) electrons. The number of amides is 1. The predicted octanol–water partition coefficient (Wildman–Crippen LogP) is 3.60. The van der Waals surface area contributed by atoms with Crippen molar-refractivity contribution < 1.29 is 23.6 Å². The van der Waals surface area contributed by atoms with Crippen LogP contribution < -0.4 is 20.2 Å². The van der Waals surface area contributed by atoms with Crippen LogP contribution in [0.1, 0.15) is 5.56 Å². The molecule has 0 spiro atoms. The number of nitrogens with zero attached hydrogens (tertiary/aromatic N) is 3. The number of methoxy groups -OCH3 is 1. The summed E-state index contributed by atoms with van der Waals surface area (Å²) in [5.41, 5.74) is 3.16. The number of benzene rings is 2. The highest BCUT2D eigenvalue weighted by atomic mass is 19.1. The fourth-order valence-corrected chi connectivity index (χ4v) is 2.61. The summed E-state index contributed by atoms with van der Waals surface area (Å²) < 4.78 is 23.9. The number of hydrogen-bond donors (Lipinski definition) is 2. The number of pyridine rings is 1. The van der Waals surface area contributed by atoms with Crippen LogP contribution in [0.4, 0.5) is 21.6 Å². The minimum Gasteiger partial charge on any atom is -0.493 e. The molecule has 3 aromatic rings. The van der Waals surface area contributed by atoms with Gasteiger partial charge in [-0.2, -0.15) is 5.10 Å². The third-order valence-electron chi connectivity index (χ3n) is 4.06. The molecule has 11 heteroatoms. The molecule has 1 heterocycles. The van der Waals surface area contributed by atoms with E-state index >= 15 is 0 Å². The van der Waals surface area contributed by atoms with Gasteiger partial charge in [-0.15, -0.1) is 0 Å². The molecule has 0 aliphatic rings. The second-order valence-electron chi connectivity index (χ2n) is 6.22. The standard InChI is InChI=1S/C21H18FN5O5/c1-31-18-6-2-4-14(12-24-26-21-17(27(29)30)5-3-11-23-21)20(18)32-13-19(28)25-16-9-7-15(22)8-10-16/h2-12H,13H2,1H3,(H,23,26)(H,25,28)/b24-12-. The van der Waals surface area contributed by atoms with Crippen LogP contribution in [0.3, 0.4) is 0 Å². The Morgan fingerprint density at radius 3 is 2.72 bits per heavy atom. The summed E-state index contributed by atoms with van der Waals surface area (Å²) in [5.74, 6) is -0.315. The van der Waals surface area contributed by atoms with E-state index in [9.17, 15) is 19.3 Å². The Hall–Kier alpha value is -4.54. The van der Waals surface area contributed by atoms with Crippen LogP contribution >= 0.6 is 0 Å². The number of anilines is 2. The molecule has 3 rings (SSSR count). The van der Waals surface area contributed by atoms with Crippen molar-refractivity contribution in [2.45, 2.75) is 0 Å². The van der Waals surface area contributed by atoms with E-state index in [2.05, 4.69) is 20.8 Å². The number of hydrazone groups is 1. The third-order valence-corrected chi connectivity index (χ3v) is 4.06. The molecule has 1 aromatic heterocycles. The number of carbonyl (C=O) groups excluding carboxylic acids is 1. The van der Waals surface area contributed by atoms with Gasteiger partial charge < -0.3 is 14.8 Å². The molecule has 164 valence electrons. The Kier molecular flexibility index (Phi) is 7.25. The van der Waals surface area contributed by atoms with Gasteiger partial charge in [-0.25, -0.2) is 9.37 Å². The van der Waals surface area contributed by atoms with E-state index in [1.165, 1.54) is 55.9 Å². The highest BCUT2D eigenvalue weighted by molar-refractivity contribution is 5.92. The fourth-order valence-electron chi connectivity index (χ4n) is 2.61. The molecule has 0 aliphatic carbocycles. The molecule has 0 unspecified atom stereocenters. The second kappa shape index (κ2) is 10.5. The zero-order valence-electron chi connectivity index (χ0n) is 16.8. The first-order valence-electron chi connectivity index (χ1n) is 9.21. The second-order valence-corrected chi connectivity index (χ2v) is 6.22. The van der Waals surface area contributed by atoms with Gasteiger partial charge in [0.25, 0.3) is 5.91 Å². The van der Waals surface area contributed by atoms with Crippen molar-refractivity contribution in [2.75, 3.05) is 24.5 Å². The van der Waals surface area contributed by atoms with Gasteiger partial charge in [0.15, 0.2) is 18.1 Å². The first kappa shape index (κ1) is 22.2. The third kappa shape index (κ3) is 5.75. The summed E-state index contributed by atoms with van der Waals surface area (Å²) in [5, 5.41) is 17.6. The minimum absolute atomic E-state index is 0.0298. The largest absolute Gasteiger partial charge is 0.493 e. The summed E-state index contributed by atoms with van der Waals surface area (Å²) in [7, 11) is 1.44. The highest BCUT2D eigenvalue weighted by Gasteiger charge is 2.14. The first-order chi connectivity index (χ1) is 15.5. The smallest absolute Gasteiger partial charge is 0.313 e. The summed E-state index contributed by atoms with van der Waals surface area (Å²) in [6.45, 7) is -0.349. The number of rotatable bonds is 9. The van der Waals surface area contributed by atoms with Crippen molar-refractivity contribution in [2.24, 2.45) is 5.10 Å². The van der Waals surface area contributed by atoms with Gasteiger partial charge in [-0.3, -0.25) is 20.3 Å². The van der Waals surface area contributed by atoms with Crippen LogP contribution in [0.15, 0.2) is 65.9 Å². The van der Waals surface area contributed by atoms with E-state index in [4.69, 9.17) is 9.47 Å². The van der Waals surface area contributed by atoms with E-state index in [0.29, 0.717) is 17.0 Å². The Balaban J connectivity index is 1.71. The van der Waals surface area contributed by atoms with Crippen molar-refractivity contribution >= 4 is 29.3 Å². The average Bonchev–Trinajstić information content (AvgIpc) is 2.79. The Morgan fingerprint density at radius 1 is 1.22 bits per heavy atom. The van der Waals surface area contributed by atoms with Gasteiger partial charge in [0.05, 0.1) is 18.2 Å². The number of aromatic nitrogens is 1. The molecule has 0 fully saturated rings. The lowest BCUT2D eigenvalue weighted by molar-refractivity contribution is -0.384. The van der Waals surface area contributed by atoms with Gasteiger partial charge in [-0.1, -0.05) is 6.07 Å². The van der Waals surface area contributed by atoms with Crippen LogP contribution in [-0.4, -0.2) is 35.7 Å². The number of halogens is 1. The molecule has 10 nitrogen and oxygen atoms in total. The van der Waals surface area contributed by atoms with Gasteiger partial charge in [-0.05, 0) is 42.5 Å². The molecule has 2 aromatic carbocycles. The van der Waals surface area contributed by atoms with Crippen molar-refractivity contribution in [3.05, 3.63) is 82.3 Å². The van der Waals surface area contributed by atoms with Crippen LogP contribution in [0.2, 0.25) is 0 Å². The van der Waals surface area contributed by atoms with Gasteiger partial charge >= 0.3 is 5.69 Å². The molecule has 2 N–H and O–H groups in total. The van der Waals surface area contributed by atoms with Crippen LogP contribution in [0.5, 0.6) is 11.5 Å². The Morgan fingerprint density at radius 2 is 2.00 bits per heavy atom. The molecule has 1 amide bonds. The van der Waals surface area contributed by atoms with E-state index in [1.807, 2.05) is 0 Å². The van der Waals surface area contributed by atoms with E-state index in [-0.39, 0.29) is 23.9 Å². The van der Waals surface area contributed by atoms with E-state index in [1.54, 1.807) is 18.2 Å². The van der Waals surface area contributed by atoms with Crippen LogP contribution in [0.25, 0.3) is 0 Å². The lowest BCUT2D eigenvalue weighted by Crippen LogP contribution is -2.20. The molecule has 0 aliphatic heterocycles. The molecular formula is C21H18FN5O5. The monoisotopic (exact) mass is 439 g/mol. The SMILES string of the molecule is COc1cccc(/C=N\Nc2ncccc2[N+](=O)[O-])c1OCC(=O)Nc1ccc(F)cc1. The molecule has 0 saturated carbocycles. The van der Waals surface area contributed by atoms with Crippen LogP contribution in [0, 0.1) is 15.9 Å². The maximum absolute atomic E-state index is 13.0. The van der Waals surface area contributed by atoms with Crippen molar-refractivity contribution in [1.29, 1.82) is 0 Å². The molecule has 32 heavy (non-hydrogen) atoms. The zero-order chi connectivity index (χ0) is 22.9. The summed E-state index contributed by atoms with van der Waals surface area (Å²) >= 11 is 0. The summed E-state index contributed by atoms with van der Waals surface area (Å²) in [6.07, 6.45) is 2.75. The number of hydrogen-bond acceptors (Lipinski definition) is 8. The normalized spacial score (nSPS) is 10.6. The number of nitro groups is 1. The molecule has 0 saturated heterocycles. The topological polar surface area (TPSA) is 128 Å². The molecule has 0 bridgehead atoms. The van der Waals surface area contributed by atoms with Crippen molar-refractivity contribution in [1.82, 2.24) is 4.98 Å². The Labute approximate surface area is 181 Å². The zero-order valence-corrected chi connectivity index (χ0v) is 16.8. The average molecular weight is 439 g/mol. The van der Waals surface area contributed by atoms with Gasteiger partial charge in [0, 0.05) is 23.5 Å². The maximum Gasteiger partial charge on any atom is 0.313 e. The van der Waals surface area contributed by atoms with Gasteiger partial charge in [0.2, 0.25) is 5.82 Å². The maximum atomic E-state index is 13.0. The van der Waals surface area contributed by atoms with Crippen molar-refractivity contribution in [3.8, 4) is 11.5 Å². The van der Waals surface area contributed by atoms with E-state index in [0.717, 1.165) is 0 Å². The molecule has 0 atom stereocenters. The molecular weight excluding hydrogens is 421 g/mol. The summed E-state index contributed by atoms with van der Waals surface area (Å²) in [6, 6.07) is 13.0. The number of ether oxygens (including phenoxy) is 2. The first-order valence-corrected chi connectivity index (χ1v) is 9.21. The number of carbonyl (C=O) groups is 1. The highest BCUT2D eigenvalue weighted by Crippen LogP contribution is 2.30. The summed E-state index contributed by atoms with van der Waals surface area (Å²) in [4.78, 5) is 26.6. The van der Waals surface area contributed by atoms with E-state index < -0.39 is 16.6 Å². The number of nitrogens with one attached hydrogen (secondary N) is 2. The fraction of sp³-hybridized carbons (Fsp3) is 0.0952. The lowest BCUT2D eigenvalue weighted by atomic mass is 10.2. The number of para-hydroxylation sites is 1. The van der Waals surface area contributed by atoms with Crippen molar-refractivity contribution in [3.63, 3.8) is 0 Å². The van der Waals surface area contributed by atoms with Crippen LogP contribution in [-0.2, 0) is 4.79 Å². The lowest BCUT2D eigenvalue weighted by Gasteiger charge is -2.13. The Bertz CT molecular complexity index is 1140. The van der Waals surface area contributed by atoms with Gasteiger partial charge in [0.1, 0.15) is 5.82 Å². The quantitative estimate of drug-likeness (QED) is 0.296. The predicted molar refractivity (Wildman–Crippen MR) is 116 cm³/mol. The minimum atomic E-state index is -0.579.